The molecule has 3 rings (SSSR count). The van der Waals surface area contributed by atoms with Gasteiger partial charge in [-0.15, -0.1) is 0 Å². The molecule has 23 heavy (non-hydrogen) atoms. The Bertz CT molecular complexity index is 706. The molecule has 2 aromatic heterocycles. The van der Waals surface area contributed by atoms with E-state index in [4.69, 9.17) is 17.3 Å². The van der Waals surface area contributed by atoms with E-state index in [1.807, 2.05) is 28.7 Å². The first-order valence-corrected chi connectivity index (χ1v) is 8.74. The van der Waals surface area contributed by atoms with E-state index in [0.717, 1.165) is 25.1 Å². The molecule has 1 aliphatic rings. The third kappa shape index (κ3) is 3.40. The zero-order chi connectivity index (χ0) is 16.4. The number of nitrogens with zero attached hydrogens (tertiary/aromatic N) is 4. The predicted molar refractivity (Wildman–Crippen MR) is 93.2 cm³/mol. The summed E-state index contributed by atoms with van der Waals surface area (Å²) < 4.78 is 0. The Morgan fingerprint density at radius 2 is 2.13 bits per heavy atom. The summed E-state index contributed by atoms with van der Waals surface area (Å²) in [6.45, 7) is 4.62. The highest BCUT2D eigenvalue weighted by atomic mass is 35.5. The quantitative estimate of drug-likeness (QED) is 0.899. The van der Waals surface area contributed by atoms with Crippen molar-refractivity contribution in [1.82, 2.24) is 14.9 Å². The number of rotatable bonds is 2. The van der Waals surface area contributed by atoms with E-state index in [2.05, 4.69) is 14.9 Å². The minimum Gasteiger partial charge on any atom is -0.368 e. The van der Waals surface area contributed by atoms with Crippen molar-refractivity contribution in [3.63, 3.8) is 0 Å². The number of carbonyl (C=O) groups excluding carboxylic acids is 1. The van der Waals surface area contributed by atoms with Crippen LogP contribution in [0.5, 0.6) is 0 Å². The summed E-state index contributed by atoms with van der Waals surface area (Å²) in [5.41, 5.74) is 7.17. The Labute approximate surface area is 143 Å². The molecule has 6 nitrogen and oxygen atoms in total. The molecular formula is C15H18ClN5OS. The minimum absolute atomic E-state index is 0.0811. The number of hydrogen-bond acceptors (Lipinski definition) is 6. The van der Waals surface area contributed by atoms with Gasteiger partial charge in [0.15, 0.2) is 5.82 Å². The number of aryl methyl sites for hydroxylation is 1. The fraction of sp³-hybridized carbons (Fsp3) is 0.400. The van der Waals surface area contributed by atoms with Crippen LogP contribution in [0.2, 0.25) is 5.02 Å². The van der Waals surface area contributed by atoms with E-state index in [1.54, 1.807) is 0 Å². The second-order valence-corrected chi connectivity index (χ2v) is 6.61. The van der Waals surface area contributed by atoms with E-state index >= 15 is 0 Å². The van der Waals surface area contributed by atoms with Crippen LogP contribution in [0.15, 0.2) is 16.8 Å². The van der Waals surface area contributed by atoms with Crippen molar-refractivity contribution in [3.8, 4) is 0 Å². The second-order valence-electron chi connectivity index (χ2n) is 5.45. The Balaban J connectivity index is 1.75. The van der Waals surface area contributed by atoms with E-state index in [-0.39, 0.29) is 11.9 Å². The first-order valence-electron chi connectivity index (χ1n) is 7.42. The number of hydrogen-bond donors (Lipinski definition) is 1. The van der Waals surface area contributed by atoms with Gasteiger partial charge in [-0.3, -0.25) is 4.79 Å². The maximum Gasteiger partial charge on any atom is 0.254 e. The van der Waals surface area contributed by atoms with Gasteiger partial charge in [-0.1, -0.05) is 11.6 Å². The van der Waals surface area contributed by atoms with Crippen molar-refractivity contribution < 1.29 is 4.79 Å². The molecule has 122 valence electrons. The summed E-state index contributed by atoms with van der Waals surface area (Å²) in [7, 11) is 0. The molecule has 2 N–H and O–H groups in total. The molecule has 1 aliphatic heterocycles. The number of amides is 1. The molecule has 1 amide bonds. The molecule has 0 atom stereocenters. The van der Waals surface area contributed by atoms with Gasteiger partial charge in [-0.2, -0.15) is 16.3 Å². The average Bonchev–Trinajstić information content (AvgIpc) is 2.95. The smallest absolute Gasteiger partial charge is 0.254 e. The molecule has 2 aromatic rings. The molecule has 8 heteroatoms. The largest absolute Gasteiger partial charge is 0.368 e. The lowest BCUT2D eigenvalue weighted by atomic mass is 10.3. The monoisotopic (exact) mass is 351 g/mol. The zero-order valence-electron chi connectivity index (χ0n) is 12.8. The summed E-state index contributed by atoms with van der Waals surface area (Å²) in [5, 5.41) is 4.33. The van der Waals surface area contributed by atoms with Crippen LogP contribution in [0.25, 0.3) is 0 Å². The molecule has 0 bridgehead atoms. The van der Waals surface area contributed by atoms with E-state index in [1.165, 1.54) is 11.3 Å². The highest BCUT2D eigenvalue weighted by molar-refractivity contribution is 7.08. The Morgan fingerprint density at radius 3 is 2.87 bits per heavy atom. The van der Waals surface area contributed by atoms with Crippen molar-refractivity contribution in [2.45, 2.75) is 13.3 Å². The van der Waals surface area contributed by atoms with Gasteiger partial charge in [0.25, 0.3) is 5.91 Å². The van der Waals surface area contributed by atoms with Crippen molar-refractivity contribution in [2.24, 2.45) is 0 Å². The van der Waals surface area contributed by atoms with Gasteiger partial charge in [0, 0.05) is 31.6 Å². The van der Waals surface area contributed by atoms with Crippen molar-refractivity contribution >= 4 is 40.6 Å². The van der Waals surface area contributed by atoms with Crippen LogP contribution in [-0.2, 0) is 0 Å². The standard InChI is InChI=1S/C15H18ClN5OS/c1-10-12(16)13(19-15(17)18-10)20-4-2-5-21(7-6-20)14(22)11-3-8-23-9-11/h3,8-9H,2,4-7H2,1H3,(H2,17,18,19). The molecule has 0 radical (unpaired) electrons. The van der Waals surface area contributed by atoms with Crippen LogP contribution >= 0.6 is 22.9 Å². The number of anilines is 2. The maximum atomic E-state index is 12.5. The summed E-state index contributed by atoms with van der Waals surface area (Å²) in [5.74, 6) is 0.955. The molecule has 1 fully saturated rings. The highest BCUT2D eigenvalue weighted by Crippen LogP contribution is 2.27. The topological polar surface area (TPSA) is 75.3 Å². The first-order chi connectivity index (χ1) is 11.1. The molecule has 1 saturated heterocycles. The van der Waals surface area contributed by atoms with Gasteiger partial charge in [-0.05, 0) is 24.8 Å². The molecule has 0 saturated carbocycles. The van der Waals surface area contributed by atoms with Crippen LogP contribution < -0.4 is 10.6 Å². The summed E-state index contributed by atoms with van der Waals surface area (Å²) >= 11 is 7.86. The van der Waals surface area contributed by atoms with E-state index < -0.39 is 0 Å². The minimum atomic E-state index is 0.0811. The lowest BCUT2D eigenvalue weighted by molar-refractivity contribution is 0.0767. The Hall–Kier alpha value is -1.86. The van der Waals surface area contributed by atoms with Gasteiger partial charge in [-0.25, -0.2) is 4.98 Å². The van der Waals surface area contributed by atoms with Gasteiger partial charge in [0.05, 0.1) is 11.3 Å². The predicted octanol–water partition coefficient (Wildman–Crippen LogP) is 2.43. The van der Waals surface area contributed by atoms with Gasteiger partial charge >= 0.3 is 0 Å². The van der Waals surface area contributed by atoms with Gasteiger partial charge < -0.3 is 15.5 Å². The SMILES string of the molecule is Cc1nc(N)nc(N2CCCN(C(=O)c3ccsc3)CC2)c1Cl. The number of nitrogens with two attached hydrogens (primary N) is 1. The molecule has 0 aromatic carbocycles. The van der Waals surface area contributed by atoms with E-state index in [9.17, 15) is 4.79 Å². The second kappa shape index (κ2) is 6.72. The summed E-state index contributed by atoms with van der Waals surface area (Å²) in [6.07, 6.45) is 0.856. The van der Waals surface area contributed by atoms with Gasteiger partial charge in [0.1, 0.15) is 5.02 Å². The fourth-order valence-corrected chi connectivity index (χ4v) is 3.51. The summed E-state index contributed by atoms with van der Waals surface area (Å²) in [4.78, 5) is 24.8. The molecule has 0 aliphatic carbocycles. The fourth-order valence-electron chi connectivity index (χ4n) is 2.68. The highest BCUT2D eigenvalue weighted by Gasteiger charge is 2.23. The maximum absolute atomic E-state index is 12.5. The Morgan fingerprint density at radius 1 is 1.30 bits per heavy atom. The van der Waals surface area contributed by atoms with Crippen LogP contribution in [0.4, 0.5) is 11.8 Å². The Kier molecular flexibility index (Phi) is 4.68. The average molecular weight is 352 g/mol. The van der Waals surface area contributed by atoms with Crippen LogP contribution in [0, 0.1) is 6.92 Å². The summed E-state index contributed by atoms with van der Waals surface area (Å²) in [6, 6.07) is 1.86. The number of nitrogen functional groups attached to an aromatic ring is 1. The first kappa shape index (κ1) is 16.0. The third-order valence-corrected chi connectivity index (χ3v) is 4.99. The lowest BCUT2D eigenvalue weighted by Gasteiger charge is -2.24. The number of thiophene rings is 1. The third-order valence-electron chi connectivity index (χ3n) is 3.87. The molecule has 0 unspecified atom stereocenters. The van der Waals surface area contributed by atoms with Crippen LogP contribution in [-0.4, -0.2) is 47.0 Å². The number of carbonyl (C=O) groups is 1. The van der Waals surface area contributed by atoms with Gasteiger partial charge in [0.2, 0.25) is 5.95 Å². The van der Waals surface area contributed by atoms with Crippen molar-refractivity contribution in [1.29, 1.82) is 0 Å². The molecule has 0 spiro atoms. The number of aromatic nitrogens is 2. The lowest BCUT2D eigenvalue weighted by Crippen LogP contribution is -2.35. The zero-order valence-corrected chi connectivity index (χ0v) is 14.4. The molecule has 3 heterocycles. The van der Waals surface area contributed by atoms with Crippen molar-refractivity contribution in [3.05, 3.63) is 33.1 Å². The molecular weight excluding hydrogens is 334 g/mol. The van der Waals surface area contributed by atoms with Crippen LogP contribution in [0.3, 0.4) is 0 Å². The normalized spacial score (nSPS) is 15.6. The number of halogens is 1. The van der Waals surface area contributed by atoms with Crippen molar-refractivity contribution in [2.75, 3.05) is 36.8 Å². The van der Waals surface area contributed by atoms with E-state index in [0.29, 0.717) is 29.6 Å². The van der Waals surface area contributed by atoms with Crippen LogP contribution in [0.1, 0.15) is 22.5 Å².